The van der Waals surface area contributed by atoms with Crippen molar-refractivity contribution in [1.29, 1.82) is 0 Å². The molecule has 0 aliphatic carbocycles. The summed E-state index contributed by atoms with van der Waals surface area (Å²) in [6.45, 7) is 0. The highest BCUT2D eigenvalue weighted by atomic mass is 19.4. The van der Waals surface area contributed by atoms with Crippen molar-refractivity contribution in [3.63, 3.8) is 0 Å². The van der Waals surface area contributed by atoms with Crippen LogP contribution in [-0.2, 0) is 12.4 Å². The standard InChI is InChI=1S/C15H8F7N3/c16-8-1-3-9(4-2-8)23-13-24-11-6-7(14(17,18)19)5-10(12(11)25-13)15(20,21)22/h1-6H,(H2,23,24,25). The van der Waals surface area contributed by atoms with Gasteiger partial charge in [-0.1, -0.05) is 0 Å². The van der Waals surface area contributed by atoms with E-state index in [1.807, 2.05) is 0 Å². The Hall–Kier alpha value is -2.78. The number of rotatable bonds is 2. The minimum Gasteiger partial charge on any atom is -0.326 e. The van der Waals surface area contributed by atoms with E-state index >= 15 is 0 Å². The summed E-state index contributed by atoms with van der Waals surface area (Å²) in [7, 11) is 0. The maximum absolute atomic E-state index is 13.1. The number of alkyl halides is 6. The van der Waals surface area contributed by atoms with Crippen LogP contribution in [0.1, 0.15) is 11.1 Å². The third-order valence-electron chi connectivity index (χ3n) is 3.33. The first-order chi connectivity index (χ1) is 11.5. The molecule has 0 fully saturated rings. The van der Waals surface area contributed by atoms with Gasteiger partial charge in [0.15, 0.2) is 0 Å². The van der Waals surface area contributed by atoms with Gasteiger partial charge in [-0.2, -0.15) is 26.3 Å². The number of halogens is 7. The van der Waals surface area contributed by atoms with Gasteiger partial charge in [-0.15, -0.1) is 0 Å². The summed E-state index contributed by atoms with van der Waals surface area (Å²) in [6, 6.07) is 5.38. The van der Waals surface area contributed by atoms with Gasteiger partial charge in [0.1, 0.15) is 11.3 Å². The molecule has 0 atom stereocenters. The van der Waals surface area contributed by atoms with Gasteiger partial charge < -0.3 is 10.3 Å². The Morgan fingerprint density at radius 2 is 1.52 bits per heavy atom. The SMILES string of the molecule is Fc1ccc(Nc2nc3c(C(F)(F)F)cc(C(F)(F)F)cc3[nH]2)cc1. The first-order valence-corrected chi connectivity index (χ1v) is 6.75. The molecule has 132 valence electrons. The van der Waals surface area contributed by atoms with Crippen LogP contribution in [0.5, 0.6) is 0 Å². The maximum Gasteiger partial charge on any atom is 0.418 e. The number of hydrogen-bond donors (Lipinski definition) is 2. The van der Waals surface area contributed by atoms with Crippen molar-refractivity contribution in [2.24, 2.45) is 0 Å². The zero-order chi connectivity index (χ0) is 18.4. The number of anilines is 2. The third-order valence-corrected chi connectivity index (χ3v) is 3.33. The normalized spacial score (nSPS) is 12.6. The van der Waals surface area contributed by atoms with Crippen molar-refractivity contribution in [1.82, 2.24) is 9.97 Å². The average Bonchev–Trinajstić information content (AvgIpc) is 2.88. The van der Waals surface area contributed by atoms with E-state index in [0.717, 1.165) is 12.1 Å². The summed E-state index contributed by atoms with van der Waals surface area (Å²) in [5.41, 5.74) is -3.72. The second-order valence-electron chi connectivity index (χ2n) is 5.13. The predicted molar refractivity (Wildman–Crippen MR) is 75.8 cm³/mol. The fraction of sp³-hybridized carbons (Fsp3) is 0.133. The van der Waals surface area contributed by atoms with Crippen molar-refractivity contribution in [3.8, 4) is 0 Å². The van der Waals surface area contributed by atoms with Gasteiger partial charge in [0.05, 0.1) is 16.6 Å². The molecule has 2 N–H and O–H groups in total. The van der Waals surface area contributed by atoms with E-state index in [0.29, 0.717) is 11.8 Å². The predicted octanol–water partition coefficient (Wildman–Crippen LogP) is 5.48. The van der Waals surface area contributed by atoms with Gasteiger partial charge in [-0.25, -0.2) is 9.37 Å². The summed E-state index contributed by atoms with van der Waals surface area (Å²) >= 11 is 0. The van der Waals surface area contributed by atoms with Gasteiger partial charge in [0.25, 0.3) is 0 Å². The number of H-pyrrole nitrogens is 1. The van der Waals surface area contributed by atoms with E-state index in [2.05, 4.69) is 15.3 Å². The number of benzene rings is 2. The molecule has 3 aromatic rings. The summed E-state index contributed by atoms with van der Waals surface area (Å²) in [4.78, 5) is 6.04. The summed E-state index contributed by atoms with van der Waals surface area (Å²) in [5.74, 6) is -0.726. The summed E-state index contributed by atoms with van der Waals surface area (Å²) in [5, 5.41) is 2.58. The highest BCUT2D eigenvalue weighted by Gasteiger charge is 2.39. The topological polar surface area (TPSA) is 40.7 Å². The quantitative estimate of drug-likeness (QED) is 0.592. The van der Waals surface area contributed by atoms with Crippen LogP contribution < -0.4 is 5.32 Å². The second kappa shape index (κ2) is 5.64. The van der Waals surface area contributed by atoms with Crippen LogP contribution in [0, 0.1) is 5.82 Å². The minimum absolute atomic E-state index is 0.0187. The molecule has 0 unspecified atom stereocenters. The van der Waals surface area contributed by atoms with Crippen LogP contribution in [0.25, 0.3) is 11.0 Å². The maximum atomic E-state index is 13.1. The lowest BCUT2D eigenvalue weighted by atomic mass is 10.1. The van der Waals surface area contributed by atoms with E-state index < -0.39 is 40.3 Å². The van der Waals surface area contributed by atoms with Crippen molar-refractivity contribution in [3.05, 3.63) is 53.3 Å². The van der Waals surface area contributed by atoms with Gasteiger partial charge in [-0.3, -0.25) is 0 Å². The van der Waals surface area contributed by atoms with E-state index in [1.165, 1.54) is 12.1 Å². The van der Waals surface area contributed by atoms with E-state index in [9.17, 15) is 30.7 Å². The number of fused-ring (bicyclic) bond motifs is 1. The molecule has 0 radical (unpaired) electrons. The number of aromatic nitrogens is 2. The van der Waals surface area contributed by atoms with Crippen molar-refractivity contribution < 1.29 is 30.7 Å². The van der Waals surface area contributed by atoms with Crippen LogP contribution in [0.4, 0.5) is 42.4 Å². The number of nitrogens with one attached hydrogen (secondary N) is 2. The zero-order valence-corrected chi connectivity index (χ0v) is 12.1. The second-order valence-corrected chi connectivity index (χ2v) is 5.13. The fourth-order valence-corrected chi connectivity index (χ4v) is 2.23. The van der Waals surface area contributed by atoms with Crippen LogP contribution in [0.2, 0.25) is 0 Å². The lowest BCUT2D eigenvalue weighted by molar-refractivity contribution is -0.142. The highest BCUT2D eigenvalue weighted by molar-refractivity contribution is 5.83. The van der Waals surface area contributed by atoms with E-state index in [1.54, 1.807) is 0 Å². The molecule has 2 aromatic carbocycles. The van der Waals surface area contributed by atoms with Gasteiger partial charge in [0.2, 0.25) is 5.95 Å². The number of hydrogen-bond acceptors (Lipinski definition) is 2. The lowest BCUT2D eigenvalue weighted by Crippen LogP contribution is -2.11. The molecule has 0 aliphatic heterocycles. The van der Waals surface area contributed by atoms with Crippen molar-refractivity contribution >= 4 is 22.7 Å². The molecular weight excluding hydrogens is 355 g/mol. The number of imidazole rings is 1. The molecule has 0 saturated carbocycles. The van der Waals surface area contributed by atoms with Crippen LogP contribution in [0.3, 0.4) is 0 Å². The Morgan fingerprint density at radius 1 is 0.880 bits per heavy atom. The minimum atomic E-state index is -5.01. The van der Waals surface area contributed by atoms with Crippen molar-refractivity contribution in [2.45, 2.75) is 12.4 Å². The van der Waals surface area contributed by atoms with E-state index in [-0.39, 0.29) is 12.0 Å². The molecule has 1 aromatic heterocycles. The van der Waals surface area contributed by atoms with Gasteiger partial charge in [0, 0.05) is 5.69 Å². The average molecular weight is 363 g/mol. The van der Waals surface area contributed by atoms with Gasteiger partial charge in [-0.05, 0) is 36.4 Å². The highest BCUT2D eigenvalue weighted by Crippen LogP contribution is 2.39. The van der Waals surface area contributed by atoms with Crippen molar-refractivity contribution in [2.75, 3.05) is 5.32 Å². The lowest BCUT2D eigenvalue weighted by Gasteiger charge is -2.11. The molecule has 0 spiro atoms. The first-order valence-electron chi connectivity index (χ1n) is 6.75. The smallest absolute Gasteiger partial charge is 0.326 e. The Balaban J connectivity index is 2.10. The fourth-order valence-electron chi connectivity index (χ4n) is 2.23. The Labute approximate surface area is 135 Å². The Kier molecular flexibility index (Phi) is 3.85. The molecule has 10 heteroatoms. The van der Waals surface area contributed by atoms with Crippen LogP contribution in [0.15, 0.2) is 36.4 Å². The largest absolute Gasteiger partial charge is 0.418 e. The van der Waals surface area contributed by atoms with Crippen LogP contribution in [-0.4, -0.2) is 9.97 Å². The zero-order valence-electron chi connectivity index (χ0n) is 12.1. The summed E-state index contributed by atoms with van der Waals surface area (Å²) in [6.07, 6.45) is -9.95. The molecule has 0 saturated heterocycles. The number of aromatic amines is 1. The molecule has 0 bridgehead atoms. The molecule has 0 aliphatic rings. The first kappa shape index (κ1) is 17.1. The Morgan fingerprint density at radius 3 is 2.08 bits per heavy atom. The molecule has 25 heavy (non-hydrogen) atoms. The van der Waals surface area contributed by atoms with Gasteiger partial charge >= 0.3 is 12.4 Å². The molecular formula is C15H8F7N3. The molecule has 3 rings (SSSR count). The van der Waals surface area contributed by atoms with Crippen LogP contribution >= 0.6 is 0 Å². The molecule has 0 amide bonds. The third kappa shape index (κ3) is 3.52. The summed E-state index contributed by atoms with van der Waals surface area (Å²) < 4.78 is 90.6. The number of nitrogens with zero attached hydrogens (tertiary/aromatic N) is 1. The molecule has 1 heterocycles. The molecule has 3 nitrogen and oxygen atoms in total. The monoisotopic (exact) mass is 363 g/mol. The van der Waals surface area contributed by atoms with E-state index in [4.69, 9.17) is 0 Å². The Bertz CT molecular complexity index is 908.